The van der Waals surface area contributed by atoms with Crippen LogP contribution in [0.2, 0.25) is 0 Å². The summed E-state index contributed by atoms with van der Waals surface area (Å²) in [5.41, 5.74) is 0.414. The molecule has 1 aliphatic rings. The zero-order chi connectivity index (χ0) is 13.9. The fraction of sp³-hybridized carbons (Fsp3) is 0.538. The molecule has 0 amide bonds. The van der Waals surface area contributed by atoms with Crippen molar-refractivity contribution in [2.24, 2.45) is 0 Å². The van der Waals surface area contributed by atoms with Crippen LogP contribution in [0.25, 0.3) is 0 Å². The first-order chi connectivity index (χ1) is 8.94. The van der Waals surface area contributed by atoms with Crippen LogP contribution in [0.1, 0.15) is 12.8 Å². The fourth-order valence-corrected chi connectivity index (χ4v) is 2.29. The van der Waals surface area contributed by atoms with Gasteiger partial charge in [0.15, 0.2) is 0 Å². The lowest BCUT2D eigenvalue weighted by Crippen LogP contribution is -2.43. The van der Waals surface area contributed by atoms with Crippen molar-refractivity contribution in [3.8, 4) is 0 Å². The van der Waals surface area contributed by atoms with Crippen molar-refractivity contribution in [3.05, 3.63) is 30.1 Å². The van der Waals surface area contributed by atoms with Gasteiger partial charge in [0, 0.05) is 19.1 Å². The van der Waals surface area contributed by atoms with E-state index in [1.807, 2.05) is 0 Å². The smallest absolute Gasteiger partial charge is 0.380 e. The summed E-state index contributed by atoms with van der Waals surface area (Å²) in [7, 11) is 0. The van der Waals surface area contributed by atoms with E-state index >= 15 is 0 Å². The van der Waals surface area contributed by atoms with Crippen molar-refractivity contribution in [1.29, 1.82) is 0 Å². The van der Waals surface area contributed by atoms with E-state index in [0.29, 0.717) is 31.6 Å². The minimum Gasteiger partial charge on any atom is -0.380 e. The third-order valence-corrected chi connectivity index (χ3v) is 3.22. The van der Waals surface area contributed by atoms with E-state index < -0.39 is 12.7 Å². The van der Waals surface area contributed by atoms with Gasteiger partial charge < -0.3 is 5.32 Å². The third kappa shape index (κ3) is 4.38. The monoisotopic (exact) mass is 276 g/mol. The number of nitrogens with one attached hydrogen (secondary N) is 1. The SMILES string of the molecule is Fc1ccccc1NC1CCN(CC(F)(F)F)CC1. The van der Waals surface area contributed by atoms with Gasteiger partial charge in [0.1, 0.15) is 5.82 Å². The summed E-state index contributed by atoms with van der Waals surface area (Å²) in [6.45, 7) is -0.101. The molecule has 6 heteroatoms. The highest BCUT2D eigenvalue weighted by atomic mass is 19.4. The predicted molar refractivity (Wildman–Crippen MR) is 65.5 cm³/mol. The van der Waals surface area contributed by atoms with Crippen LogP contribution in [0.3, 0.4) is 0 Å². The maximum absolute atomic E-state index is 13.4. The lowest BCUT2D eigenvalue weighted by molar-refractivity contribution is -0.147. The number of rotatable bonds is 3. The molecule has 0 bridgehead atoms. The van der Waals surface area contributed by atoms with Crippen LogP contribution in [0, 0.1) is 5.82 Å². The number of piperidine rings is 1. The zero-order valence-corrected chi connectivity index (χ0v) is 10.4. The molecule has 1 saturated heterocycles. The van der Waals surface area contributed by atoms with Crippen LogP contribution in [0.5, 0.6) is 0 Å². The number of hydrogen-bond donors (Lipinski definition) is 1. The average molecular weight is 276 g/mol. The summed E-state index contributed by atoms with van der Waals surface area (Å²) in [6, 6.07) is 6.36. The molecule has 1 fully saturated rings. The van der Waals surface area contributed by atoms with Gasteiger partial charge in [-0.1, -0.05) is 12.1 Å². The molecule has 1 aromatic rings. The van der Waals surface area contributed by atoms with E-state index in [9.17, 15) is 17.6 Å². The molecule has 0 atom stereocenters. The Hall–Kier alpha value is -1.30. The molecule has 0 spiro atoms. The molecule has 19 heavy (non-hydrogen) atoms. The summed E-state index contributed by atoms with van der Waals surface area (Å²) < 4.78 is 50.1. The standard InChI is InChI=1S/C13H16F4N2/c14-11-3-1-2-4-12(11)18-10-5-7-19(8-6-10)9-13(15,16)17/h1-4,10,18H,5-9H2. The van der Waals surface area contributed by atoms with Crippen molar-refractivity contribution in [1.82, 2.24) is 4.90 Å². The lowest BCUT2D eigenvalue weighted by atomic mass is 10.0. The topological polar surface area (TPSA) is 15.3 Å². The molecule has 0 aliphatic carbocycles. The highest BCUT2D eigenvalue weighted by molar-refractivity contribution is 5.45. The summed E-state index contributed by atoms with van der Waals surface area (Å²) in [5, 5.41) is 3.05. The van der Waals surface area contributed by atoms with E-state index in [1.54, 1.807) is 18.2 Å². The maximum atomic E-state index is 13.4. The van der Waals surface area contributed by atoms with Crippen molar-refractivity contribution in [3.63, 3.8) is 0 Å². The molecular formula is C13H16F4N2. The Labute approximate surface area is 109 Å². The second-order valence-corrected chi connectivity index (χ2v) is 4.79. The molecule has 1 aliphatic heterocycles. The average Bonchev–Trinajstić information content (AvgIpc) is 2.33. The number of benzene rings is 1. The molecule has 1 heterocycles. The van der Waals surface area contributed by atoms with E-state index in [1.165, 1.54) is 11.0 Å². The Morgan fingerprint density at radius 3 is 2.37 bits per heavy atom. The Morgan fingerprint density at radius 2 is 1.79 bits per heavy atom. The van der Waals surface area contributed by atoms with Gasteiger partial charge in [-0.2, -0.15) is 13.2 Å². The fourth-order valence-electron chi connectivity index (χ4n) is 2.29. The number of halogens is 4. The predicted octanol–water partition coefficient (Wildman–Crippen LogP) is 3.26. The number of para-hydroxylation sites is 1. The molecule has 0 saturated carbocycles. The van der Waals surface area contributed by atoms with E-state index in [2.05, 4.69) is 5.32 Å². The second kappa shape index (κ2) is 5.77. The van der Waals surface area contributed by atoms with Crippen LogP contribution in [-0.2, 0) is 0 Å². The van der Waals surface area contributed by atoms with Gasteiger partial charge in [0.2, 0.25) is 0 Å². The van der Waals surface area contributed by atoms with Crippen LogP contribution >= 0.6 is 0 Å². The van der Waals surface area contributed by atoms with Gasteiger partial charge in [0.25, 0.3) is 0 Å². The van der Waals surface area contributed by atoms with E-state index in [4.69, 9.17) is 0 Å². The van der Waals surface area contributed by atoms with Crippen LogP contribution < -0.4 is 5.32 Å². The second-order valence-electron chi connectivity index (χ2n) is 4.79. The molecule has 106 valence electrons. The highest BCUT2D eigenvalue weighted by Gasteiger charge is 2.32. The largest absolute Gasteiger partial charge is 0.401 e. The van der Waals surface area contributed by atoms with E-state index in [0.717, 1.165) is 0 Å². The van der Waals surface area contributed by atoms with Crippen LogP contribution in [0.4, 0.5) is 23.2 Å². The summed E-state index contributed by atoms with van der Waals surface area (Å²) in [6.07, 6.45) is -2.97. The normalized spacial score (nSPS) is 18.5. The number of hydrogen-bond acceptors (Lipinski definition) is 2. The molecule has 1 aromatic carbocycles. The van der Waals surface area contributed by atoms with Gasteiger partial charge in [-0.3, -0.25) is 4.90 Å². The summed E-state index contributed by atoms with van der Waals surface area (Å²) >= 11 is 0. The number of likely N-dealkylation sites (tertiary alicyclic amines) is 1. The van der Waals surface area contributed by atoms with Crippen LogP contribution in [-0.4, -0.2) is 36.8 Å². The summed E-state index contributed by atoms with van der Waals surface area (Å²) in [5.74, 6) is -0.333. The minimum absolute atomic E-state index is 0.0291. The maximum Gasteiger partial charge on any atom is 0.401 e. The zero-order valence-electron chi connectivity index (χ0n) is 10.4. The third-order valence-electron chi connectivity index (χ3n) is 3.22. The lowest BCUT2D eigenvalue weighted by Gasteiger charge is -2.33. The first-order valence-electron chi connectivity index (χ1n) is 6.24. The Bertz CT molecular complexity index is 411. The molecular weight excluding hydrogens is 260 g/mol. The molecule has 2 nitrogen and oxygen atoms in total. The van der Waals surface area contributed by atoms with Gasteiger partial charge in [-0.25, -0.2) is 4.39 Å². The Balaban J connectivity index is 1.82. The highest BCUT2D eigenvalue weighted by Crippen LogP contribution is 2.22. The molecule has 0 unspecified atom stereocenters. The number of alkyl halides is 3. The Kier molecular flexibility index (Phi) is 4.29. The van der Waals surface area contributed by atoms with Gasteiger partial charge in [-0.05, 0) is 25.0 Å². The van der Waals surface area contributed by atoms with Crippen molar-refractivity contribution >= 4 is 5.69 Å². The molecule has 1 N–H and O–H groups in total. The quantitative estimate of drug-likeness (QED) is 0.852. The van der Waals surface area contributed by atoms with Crippen molar-refractivity contribution in [2.45, 2.75) is 25.1 Å². The molecule has 2 rings (SSSR count). The van der Waals surface area contributed by atoms with Crippen LogP contribution in [0.15, 0.2) is 24.3 Å². The van der Waals surface area contributed by atoms with Gasteiger partial charge in [0.05, 0.1) is 12.2 Å². The van der Waals surface area contributed by atoms with Gasteiger partial charge >= 0.3 is 6.18 Å². The number of anilines is 1. The number of nitrogens with zero attached hydrogens (tertiary/aromatic N) is 1. The first kappa shape index (κ1) is 14.1. The van der Waals surface area contributed by atoms with Crippen molar-refractivity contribution < 1.29 is 17.6 Å². The minimum atomic E-state index is -4.15. The Morgan fingerprint density at radius 1 is 1.16 bits per heavy atom. The first-order valence-corrected chi connectivity index (χ1v) is 6.24. The van der Waals surface area contributed by atoms with Crippen molar-refractivity contribution in [2.75, 3.05) is 25.0 Å². The summed E-state index contributed by atoms with van der Waals surface area (Å²) in [4.78, 5) is 1.39. The van der Waals surface area contributed by atoms with Gasteiger partial charge in [-0.15, -0.1) is 0 Å². The molecule has 0 aromatic heterocycles. The molecule has 0 radical (unpaired) electrons. The van der Waals surface area contributed by atoms with E-state index in [-0.39, 0.29) is 11.9 Å².